The van der Waals surface area contributed by atoms with E-state index in [9.17, 15) is 23.6 Å². The summed E-state index contributed by atoms with van der Waals surface area (Å²) in [5, 5.41) is 17.7. The van der Waals surface area contributed by atoms with E-state index in [0.29, 0.717) is 5.56 Å². The van der Waals surface area contributed by atoms with Crippen LogP contribution in [0.3, 0.4) is 0 Å². The Kier molecular flexibility index (Phi) is 3.46. The van der Waals surface area contributed by atoms with Gasteiger partial charge in [-0.25, -0.2) is 8.42 Å². The van der Waals surface area contributed by atoms with Gasteiger partial charge < -0.3 is 5.11 Å². The second-order valence-electron chi connectivity index (χ2n) is 5.45. The van der Waals surface area contributed by atoms with E-state index in [0.717, 1.165) is 0 Å². The molecule has 0 heterocycles. The van der Waals surface area contributed by atoms with Gasteiger partial charge >= 0.3 is 5.97 Å². The molecule has 0 bridgehead atoms. The van der Waals surface area contributed by atoms with Crippen molar-refractivity contribution >= 4 is 15.8 Å². The fourth-order valence-electron chi connectivity index (χ4n) is 3.07. The Morgan fingerprint density at radius 1 is 1.04 bits per heavy atom. The van der Waals surface area contributed by atoms with Crippen molar-refractivity contribution < 1.29 is 18.3 Å². The van der Waals surface area contributed by atoms with Crippen LogP contribution in [0.5, 0.6) is 0 Å². The van der Waals surface area contributed by atoms with Crippen molar-refractivity contribution in [3.05, 3.63) is 66.2 Å². The number of nitriles is 1. The molecule has 0 aliphatic heterocycles. The molecule has 3 rings (SSSR count). The second kappa shape index (κ2) is 5.21. The number of carboxylic acid groups (broad SMARTS) is 1. The minimum absolute atomic E-state index is 0.0318. The lowest BCUT2D eigenvalue weighted by Gasteiger charge is -2.04. The summed E-state index contributed by atoms with van der Waals surface area (Å²) < 4.78 is 25.7. The third-order valence-corrected chi connectivity index (χ3v) is 6.48. The molecule has 2 aromatic rings. The zero-order chi connectivity index (χ0) is 16.7. The first kappa shape index (κ1) is 15.3. The third kappa shape index (κ3) is 2.13. The first-order valence-electron chi connectivity index (χ1n) is 6.95. The van der Waals surface area contributed by atoms with Crippen LogP contribution in [-0.4, -0.2) is 24.7 Å². The van der Waals surface area contributed by atoms with Gasteiger partial charge in [-0.2, -0.15) is 5.26 Å². The van der Waals surface area contributed by atoms with Gasteiger partial charge in [-0.1, -0.05) is 48.5 Å². The summed E-state index contributed by atoms with van der Waals surface area (Å²) in [6.07, 6.45) is 0. The molecule has 1 aliphatic carbocycles. The van der Waals surface area contributed by atoms with E-state index in [1.54, 1.807) is 54.6 Å². The Morgan fingerprint density at radius 3 is 2.04 bits per heavy atom. The molecule has 6 heteroatoms. The highest BCUT2D eigenvalue weighted by Gasteiger charge is 2.77. The summed E-state index contributed by atoms with van der Waals surface area (Å²) >= 11 is 0. The summed E-state index contributed by atoms with van der Waals surface area (Å²) in [5.74, 6) is -2.28. The summed E-state index contributed by atoms with van der Waals surface area (Å²) in [5.41, 5.74) is -1.41. The molecule has 1 aliphatic rings. The number of hydrogen-bond donors (Lipinski definition) is 1. The van der Waals surface area contributed by atoms with Crippen molar-refractivity contribution in [1.82, 2.24) is 0 Å². The quantitative estimate of drug-likeness (QED) is 0.929. The van der Waals surface area contributed by atoms with Gasteiger partial charge in [-0.15, -0.1) is 0 Å². The van der Waals surface area contributed by atoms with E-state index >= 15 is 0 Å². The number of carboxylic acids is 1. The van der Waals surface area contributed by atoms with Crippen LogP contribution in [0.15, 0.2) is 65.6 Å². The standard InChI is InChI=1S/C17H13NO4S/c18-11-17(16(19)20)14(12-7-3-1-4-8-12)15(17)23(21,22)13-9-5-2-6-10-13/h1-10,14-15H,(H,19,20)/t14-,15+,17+/m1/s1. The zero-order valence-corrected chi connectivity index (χ0v) is 12.8. The van der Waals surface area contributed by atoms with E-state index in [1.807, 2.05) is 0 Å². The average molecular weight is 327 g/mol. The van der Waals surface area contributed by atoms with Crippen molar-refractivity contribution in [3.63, 3.8) is 0 Å². The predicted octanol–water partition coefficient (Wildman–Crippen LogP) is 2.22. The van der Waals surface area contributed by atoms with E-state index in [-0.39, 0.29) is 4.90 Å². The van der Waals surface area contributed by atoms with Gasteiger partial charge in [0.2, 0.25) is 0 Å². The van der Waals surface area contributed by atoms with Crippen molar-refractivity contribution in [1.29, 1.82) is 5.26 Å². The highest BCUT2D eigenvalue weighted by Crippen LogP contribution is 2.63. The number of hydrogen-bond acceptors (Lipinski definition) is 4. The van der Waals surface area contributed by atoms with Crippen LogP contribution in [0.1, 0.15) is 11.5 Å². The van der Waals surface area contributed by atoms with E-state index in [1.165, 1.54) is 12.1 Å². The number of sulfone groups is 1. The summed E-state index contributed by atoms with van der Waals surface area (Å²) in [6, 6.07) is 17.9. The Morgan fingerprint density at radius 2 is 1.57 bits per heavy atom. The molecule has 1 N–H and O–H groups in total. The lowest BCUT2D eigenvalue weighted by Crippen LogP contribution is -2.22. The number of carbonyl (C=O) groups is 1. The fourth-order valence-corrected chi connectivity index (χ4v) is 5.34. The first-order chi connectivity index (χ1) is 11.0. The molecule has 0 aromatic heterocycles. The van der Waals surface area contributed by atoms with Crippen LogP contribution in [0.2, 0.25) is 0 Å². The summed E-state index contributed by atoms with van der Waals surface area (Å²) in [7, 11) is -3.93. The Labute approximate surface area is 133 Å². The smallest absolute Gasteiger partial charge is 0.326 e. The maximum Gasteiger partial charge on any atom is 0.326 e. The number of nitrogens with zero attached hydrogens (tertiary/aromatic N) is 1. The van der Waals surface area contributed by atoms with Gasteiger partial charge in [0.05, 0.1) is 11.0 Å². The molecule has 5 nitrogen and oxygen atoms in total. The Bertz CT molecular complexity index is 887. The molecule has 2 aromatic carbocycles. The van der Waals surface area contributed by atoms with Crippen molar-refractivity contribution in [3.8, 4) is 6.07 Å². The lowest BCUT2D eigenvalue weighted by molar-refractivity contribution is -0.141. The lowest BCUT2D eigenvalue weighted by atomic mass is 10.0. The van der Waals surface area contributed by atoms with Gasteiger partial charge in [0.15, 0.2) is 15.3 Å². The number of rotatable bonds is 4. The summed E-state index contributed by atoms with van der Waals surface area (Å²) in [6.45, 7) is 0. The topological polar surface area (TPSA) is 95.2 Å². The fraction of sp³-hybridized carbons (Fsp3) is 0.176. The molecule has 1 saturated carbocycles. The minimum Gasteiger partial charge on any atom is -0.480 e. The average Bonchev–Trinajstić information content (AvgIpc) is 3.28. The van der Waals surface area contributed by atoms with Crippen LogP contribution < -0.4 is 0 Å². The molecule has 0 radical (unpaired) electrons. The van der Waals surface area contributed by atoms with Gasteiger partial charge in [0.25, 0.3) is 0 Å². The highest BCUT2D eigenvalue weighted by molar-refractivity contribution is 7.92. The SMILES string of the molecule is N#C[C@]1(C(=O)O)[C@H](c2ccccc2)[C@@H]1S(=O)(=O)c1ccccc1. The molecule has 0 unspecified atom stereocenters. The molecule has 23 heavy (non-hydrogen) atoms. The van der Waals surface area contributed by atoms with Crippen LogP contribution in [0.4, 0.5) is 0 Å². The number of aliphatic carboxylic acids is 1. The van der Waals surface area contributed by atoms with Gasteiger partial charge in [0, 0.05) is 5.92 Å². The molecule has 0 saturated heterocycles. The third-order valence-electron chi connectivity index (χ3n) is 4.24. The van der Waals surface area contributed by atoms with Gasteiger partial charge in [-0.05, 0) is 17.7 Å². The second-order valence-corrected chi connectivity index (χ2v) is 7.52. The molecule has 0 amide bonds. The molecule has 116 valence electrons. The highest BCUT2D eigenvalue weighted by atomic mass is 32.2. The van der Waals surface area contributed by atoms with Crippen LogP contribution in [0, 0.1) is 16.7 Å². The molecular weight excluding hydrogens is 314 g/mol. The molecule has 1 fully saturated rings. The Balaban J connectivity index is 2.14. The van der Waals surface area contributed by atoms with E-state index in [2.05, 4.69) is 0 Å². The van der Waals surface area contributed by atoms with Crippen LogP contribution in [0.25, 0.3) is 0 Å². The van der Waals surface area contributed by atoms with Gasteiger partial charge in [0.1, 0.15) is 5.25 Å². The maximum atomic E-state index is 12.8. The van der Waals surface area contributed by atoms with E-state index < -0.39 is 32.4 Å². The monoisotopic (exact) mass is 327 g/mol. The first-order valence-corrected chi connectivity index (χ1v) is 8.49. The summed E-state index contributed by atoms with van der Waals surface area (Å²) in [4.78, 5) is 11.7. The van der Waals surface area contributed by atoms with Crippen molar-refractivity contribution in [2.75, 3.05) is 0 Å². The molecule has 0 spiro atoms. The van der Waals surface area contributed by atoms with E-state index in [4.69, 9.17) is 0 Å². The van der Waals surface area contributed by atoms with Crippen molar-refractivity contribution in [2.45, 2.75) is 16.1 Å². The maximum absolute atomic E-state index is 12.8. The minimum atomic E-state index is -3.93. The normalized spacial score (nSPS) is 26.2. The van der Waals surface area contributed by atoms with Gasteiger partial charge in [-0.3, -0.25) is 4.79 Å². The van der Waals surface area contributed by atoms with Crippen LogP contribution in [-0.2, 0) is 14.6 Å². The Hall–Kier alpha value is -2.65. The van der Waals surface area contributed by atoms with Crippen molar-refractivity contribution in [2.24, 2.45) is 5.41 Å². The number of benzene rings is 2. The molecule has 3 atom stereocenters. The predicted molar refractivity (Wildman–Crippen MR) is 82.3 cm³/mol. The molecular formula is C17H13NO4S. The zero-order valence-electron chi connectivity index (χ0n) is 12.0. The van der Waals surface area contributed by atoms with Crippen LogP contribution >= 0.6 is 0 Å². The largest absolute Gasteiger partial charge is 0.480 e.